The van der Waals surface area contributed by atoms with Crippen molar-refractivity contribution in [3.05, 3.63) is 53.8 Å². The van der Waals surface area contributed by atoms with E-state index >= 15 is 0 Å². The standard InChI is InChI=1S/C18H15FO4/c1-3-22-18(20)16-14-10-13(21-2)8-9-15(14)23-17(16)11-4-6-12(19)7-5-11/h4-10H,3H2,1-2H3. The molecule has 0 fully saturated rings. The highest BCUT2D eigenvalue weighted by atomic mass is 19.1. The fourth-order valence-electron chi connectivity index (χ4n) is 2.41. The van der Waals surface area contributed by atoms with Crippen LogP contribution in [0.2, 0.25) is 0 Å². The summed E-state index contributed by atoms with van der Waals surface area (Å²) in [5, 5.41) is 0.599. The van der Waals surface area contributed by atoms with Gasteiger partial charge >= 0.3 is 5.97 Å². The van der Waals surface area contributed by atoms with E-state index in [1.807, 2.05) is 0 Å². The zero-order chi connectivity index (χ0) is 16.4. The quantitative estimate of drug-likeness (QED) is 0.669. The van der Waals surface area contributed by atoms with Gasteiger partial charge in [-0.25, -0.2) is 9.18 Å². The Morgan fingerprint density at radius 3 is 2.57 bits per heavy atom. The summed E-state index contributed by atoms with van der Waals surface area (Å²) in [4.78, 5) is 12.4. The average Bonchev–Trinajstić information content (AvgIpc) is 2.94. The number of carbonyl (C=O) groups is 1. The molecule has 4 nitrogen and oxygen atoms in total. The molecule has 0 aliphatic rings. The Hall–Kier alpha value is -2.82. The number of furan rings is 1. The lowest BCUT2D eigenvalue weighted by molar-refractivity contribution is 0.0529. The van der Waals surface area contributed by atoms with Crippen molar-refractivity contribution in [1.82, 2.24) is 0 Å². The predicted octanol–water partition coefficient (Wildman–Crippen LogP) is 4.42. The Bertz CT molecular complexity index is 849. The lowest BCUT2D eigenvalue weighted by Gasteiger charge is -2.04. The molecule has 0 radical (unpaired) electrons. The zero-order valence-electron chi connectivity index (χ0n) is 12.8. The smallest absolute Gasteiger partial charge is 0.342 e. The van der Waals surface area contributed by atoms with Gasteiger partial charge in [0.05, 0.1) is 13.7 Å². The molecule has 0 saturated heterocycles. The second kappa shape index (κ2) is 6.12. The molecule has 0 aliphatic carbocycles. The normalized spacial score (nSPS) is 10.7. The first-order valence-corrected chi connectivity index (χ1v) is 7.17. The molecule has 0 atom stereocenters. The minimum atomic E-state index is -0.487. The molecule has 0 aliphatic heterocycles. The van der Waals surface area contributed by atoms with Gasteiger partial charge in [-0.2, -0.15) is 0 Å². The van der Waals surface area contributed by atoms with E-state index in [2.05, 4.69) is 0 Å². The minimum Gasteiger partial charge on any atom is -0.497 e. The number of carbonyl (C=O) groups excluding carboxylic acids is 1. The van der Waals surface area contributed by atoms with Crippen molar-refractivity contribution in [2.75, 3.05) is 13.7 Å². The van der Waals surface area contributed by atoms with E-state index in [-0.39, 0.29) is 12.4 Å². The van der Waals surface area contributed by atoms with Crippen molar-refractivity contribution in [3.63, 3.8) is 0 Å². The molecule has 3 aromatic rings. The number of halogens is 1. The second-order valence-electron chi connectivity index (χ2n) is 4.90. The fourth-order valence-corrected chi connectivity index (χ4v) is 2.41. The van der Waals surface area contributed by atoms with Gasteiger partial charge in [0.2, 0.25) is 0 Å². The number of benzene rings is 2. The van der Waals surface area contributed by atoms with Crippen LogP contribution in [0.5, 0.6) is 5.75 Å². The van der Waals surface area contributed by atoms with E-state index in [0.29, 0.717) is 33.6 Å². The topological polar surface area (TPSA) is 48.7 Å². The van der Waals surface area contributed by atoms with Gasteiger partial charge in [0.1, 0.15) is 28.5 Å². The molecule has 23 heavy (non-hydrogen) atoms. The molecular weight excluding hydrogens is 299 g/mol. The fraction of sp³-hybridized carbons (Fsp3) is 0.167. The first kappa shape index (κ1) is 15.1. The van der Waals surface area contributed by atoms with E-state index in [0.717, 1.165) is 0 Å². The summed E-state index contributed by atoms with van der Waals surface area (Å²) in [5.41, 5.74) is 1.45. The molecular formula is C18H15FO4. The summed E-state index contributed by atoms with van der Waals surface area (Å²) in [6.07, 6.45) is 0. The van der Waals surface area contributed by atoms with Crippen molar-refractivity contribution in [2.45, 2.75) is 6.92 Å². The van der Waals surface area contributed by atoms with Crippen molar-refractivity contribution in [1.29, 1.82) is 0 Å². The van der Waals surface area contributed by atoms with Crippen LogP contribution in [0.1, 0.15) is 17.3 Å². The van der Waals surface area contributed by atoms with Crippen LogP contribution in [0.4, 0.5) is 4.39 Å². The van der Waals surface area contributed by atoms with Gasteiger partial charge < -0.3 is 13.9 Å². The monoisotopic (exact) mass is 314 g/mol. The van der Waals surface area contributed by atoms with Crippen LogP contribution in [0.3, 0.4) is 0 Å². The van der Waals surface area contributed by atoms with Crippen LogP contribution in [0.15, 0.2) is 46.9 Å². The lowest BCUT2D eigenvalue weighted by atomic mass is 10.1. The van der Waals surface area contributed by atoms with E-state index in [9.17, 15) is 9.18 Å². The third kappa shape index (κ3) is 2.77. The van der Waals surface area contributed by atoms with Crippen molar-refractivity contribution >= 4 is 16.9 Å². The SMILES string of the molecule is CCOC(=O)c1c(-c2ccc(F)cc2)oc2ccc(OC)cc12. The molecule has 0 amide bonds. The molecule has 0 spiro atoms. The largest absolute Gasteiger partial charge is 0.497 e. The number of esters is 1. The minimum absolute atomic E-state index is 0.248. The van der Waals surface area contributed by atoms with Crippen LogP contribution in [0.25, 0.3) is 22.3 Å². The van der Waals surface area contributed by atoms with E-state index in [4.69, 9.17) is 13.9 Å². The molecule has 0 unspecified atom stereocenters. The molecule has 0 saturated carbocycles. The molecule has 1 heterocycles. The van der Waals surface area contributed by atoms with Crippen LogP contribution < -0.4 is 4.74 Å². The van der Waals surface area contributed by atoms with Gasteiger partial charge in [0.25, 0.3) is 0 Å². The first-order chi connectivity index (χ1) is 11.1. The Kier molecular flexibility index (Phi) is 4.02. The average molecular weight is 314 g/mol. The second-order valence-corrected chi connectivity index (χ2v) is 4.90. The highest BCUT2D eigenvalue weighted by molar-refractivity contribution is 6.09. The molecule has 0 N–H and O–H groups in total. The van der Waals surface area contributed by atoms with Gasteiger partial charge in [-0.3, -0.25) is 0 Å². The number of hydrogen-bond acceptors (Lipinski definition) is 4. The van der Waals surface area contributed by atoms with Gasteiger partial charge in [0.15, 0.2) is 0 Å². The molecule has 0 bridgehead atoms. The summed E-state index contributed by atoms with van der Waals surface area (Å²) < 4.78 is 29.3. The van der Waals surface area contributed by atoms with Crippen LogP contribution in [-0.2, 0) is 4.74 Å². The summed E-state index contributed by atoms with van der Waals surface area (Å²) in [7, 11) is 1.55. The zero-order valence-corrected chi connectivity index (χ0v) is 12.8. The van der Waals surface area contributed by atoms with Crippen LogP contribution in [0, 0.1) is 5.82 Å². The Morgan fingerprint density at radius 1 is 1.17 bits per heavy atom. The molecule has 2 aromatic carbocycles. The highest BCUT2D eigenvalue weighted by Crippen LogP contribution is 2.36. The van der Waals surface area contributed by atoms with Crippen LogP contribution >= 0.6 is 0 Å². The number of ether oxygens (including phenoxy) is 2. The molecule has 5 heteroatoms. The van der Waals surface area contributed by atoms with E-state index in [1.165, 1.54) is 12.1 Å². The van der Waals surface area contributed by atoms with Crippen LogP contribution in [-0.4, -0.2) is 19.7 Å². The van der Waals surface area contributed by atoms with E-state index in [1.54, 1.807) is 44.4 Å². The summed E-state index contributed by atoms with van der Waals surface area (Å²) in [6.45, 7) is 1.98. The third-order valence-corrected chi connectivity index (χ3v) is 3.48. The highest BCUT2D eigenvalue weighted by Gasteiger charge is 2.23. The summed E-state index contributed by atoms with van der Waals surface area (Å²) in [5.74, 6) is 0.115. The number of fused-ring (bicyclic) bond motifs is 1. The molecule has 1 aromatic heterocycles. The van der Waals surface area contributed by atoms with Gasteiger partial charge in [-0.15, -0.1) is 0 Å². The van der Waals surface area contributed by atoms with Crippen molar-refractivity contribution in [2.24, 2.45) is 0 Å². The lowest BCUT2D eigenvalue weighted by Crippen LogP contribution is -2.05. The Labute approximate surface area is 132 Å². The molecule has 118 valence electrons. The van der Waals surface area contributed by atoms with Crippen molar-refractivity contribution in [3.8, 4) is 17.1 Å². The maximum absolute atomic E-state index is 13.1. The molecule has 3 rings (SSSR count). The van der Waals surface area contributed by atoms with E-state index < -0.39 is 5.97 Å². The maximum atomic E-state index is 13.1. The Balaban J connectivity index is 2.25. The number of rotatable bonds is 4. The van der Waals surface area contributed by atoms with Gasteiger partial charge in [0, 0.05) is 10.9 Å². The third-order valence-electron chi connectivity index (χ3n) is 3.48. The summed E-state index contributed by atoms with van der Waals surface area (Å²) >= 11 is 0. The van der Waals surface area contributed by atoms with Gasteiger partial charge in [-0.05, 0) is 49.4 Å². The number of methoxy groups -OCH3 is 1. The first-order valence-electron chi connectivity index (χ1n) is 7.17. The van der Waals surface area contributed by atoms with Crippen molar-refractivity contribution < 1.29 is 23.1 Å². The van der Waals surface area contributed by atoms with Gasteiger partial charge in [-0.1, -0.05) is 0 Å². The number of hydrogen-bond donors (Lipinski definition) is 0. The summed E-state index contributed by atoms with van der Waals surface area (Å²) in [6, 6.07) is 11.0. The Morgan fingerprint density at radius 2 is 1.91 bits per heavy atom. The predicted molar refractivity (Wildman–Crippen MR) is 84.1 cm³/mol. The maximum Gasteiger partial charge on any atom is 0.342 e.